The molecule has 1 saturated heterocycles. The van der Waals surface area contributed by atoms with E-state index in [1.54, 1.807) is 0 Å². The maximum Gasteiger partial charge on any atom is 0.319 e. The van der Waals surface area contributed by atoms with Crippen LogP contribution in [-0.4, -0.2) is 55.7 Å². The highest BCUT2D eigenvalue weighted by Crippen LogP contribution is 2.20. The molecule has 1 saturated carbocycles. The van der Waals surface area contributed by atoms with Crippen LogP contribution in [0.3, 0.4) is 0 Å². The number of piperazine rings is 1. The van der Waals surface area contributed by atoms with Gasteiger partial charge in [0.05, 0.1) is 0 Å². The highest BCUT2D eigenvalue weighted by molar-refractivity contribution is 5.89. The SMILES string of the molecule is CCNC(=O)N1CCN(c2ccc(NC(=O)NC3CCCCC3)cc2)CC1. The number of nitrogens with zero attached hydrogens (tertiary/aromatic N) is 2. The summed E-state index contributed by atoms with van der Waals surface area (Å²) in [5.74, 6) is 0. The van der Waals surface area contributed by atoms with Crippen LogP contribution in [0, 0.1) is 0 Å². The summed E-state index contributed by atoms with van der Waals surface area (Å²) in [5.41, 5.74) is 1.91. The topological polar surface area (TPSA) is 76.7 Å². The van der Waals surface area contributed by atoms with Crippen molar-refractivity contribution in [2.75, 3.05) is 42.9 Å². The molecule has 0 radical (unpaired) electrons. The number of hydrogen-bond acceptors (Lipinski definition) is 3. The third-order valence-electron chi connectivity index (χ3n) is 5.33. The van der Waals surface area contributed by atoms with Gasteiger partial charge in [0.25, 0.3) is 0 Å². The molecular weight excluding hydrogens is 342 g/mol. The zero-order chi connectivity index (χ0) is 19.1. The fourth-order valence-corrected chi connectivity index (χ4v) is 3.79. The molecule has 3 rings (SSSR count). The zero-order valence-corrected chi connectivity index (χ0v) is 16.2. The van der Waals surface area contributed by atoms with E-state index in [1.807, 2.05) is 36.1 Å². The van der Waals surface area contributed by atoms with Crippen LogP contribution in [0.5, 0.6) is 0 Å². The molecule has 2 fully saturated rings. The van der Waals surface area contributed by atoms with E-state index in [-0.39, 0.29) is 12.1 Å². The standard InChI is InChI=1S/C20H31N5O2/c1-2-21-20(27)25-14-12-24(13-15-25)18-10-8-17(9-11-18)23-19(26)22-16-6-4-3-5-7-16/h8-11,16H,2-7,12-15H2,1H3,(H,21,27)(H2,22,23,26). The van der Waals surface area contributed by atoms with Gasteiger partial charge in [0.2, 0.25) is 0 Å². The van der Waals surface area contributed by atoms with Crippen molar-refractivity contribution in [2.24, 2.45) is 0 Å². The van der Waals surface area contributed by atoms with E-state index in [0.717, 1.165) is 50.4 Å². The predicted octanol–water partition coefficient (Wildman–Crippen LogP) is 2.99. The third-order valence-corrected chi connectivity index (χ3v) is 5.33. The first kappa shape index (κ1) is 19.3. The summed E-state index contributed by atoms with van der Waals surface area (Å²) in [7, 11) is 0. The summed E-state index contributed by atoms with van der Waals surface area (Å²) in [6.45, 7) is 5.64. The summed E-state index contributed by atoms with van der Waals surface area (Å²) < 4.78 is 0. The molecule has 1 aliphatic carbocycles. The zero-order valence-electron chi connectivity index (χ0n) is 16.2. The van der Waals surface area contributed by atoms with Crippen molar-refractivity contribution < 1.29 is 9.59 Å². The average Bonchev–Trinajstić information content (AvgIpc) is 2.69. The van der Waals surface area contributed by atoms with Crippen molar-refractivity contribution in [1.82, 2.24) is 15.5 Å². The Labute approximate surface area is 161 Å². The molecule has 27 heavy (non-hydrogen) atoms. The van der Waals surface area contributed by atoms with Gasteiger partial charge in [-0.15, -0.1) is 0 Å². The highest BCUT2D eigenvalue weighted by atomic mass is 16.2. The number of benzene rings is 1. The van der Waals surface area contributed by atoms with Crippen molar-refractivity contribution in [2.45, 2.75) is 45.1 Å². The van der Waals surface area contributed by atoms with Gasteiger partial charge in [0, 0.05) is 50.1 Å². The number of amides is 4. The van der Waals surface area contributed by atoms with Gasteiger partial charge < -0.3 is 25.8 Å². The lowest BCUT2D eigenvalue weighted by Crippen LogP contribution is -2.51. The Balaban J connectivity index is 1.46. The first-order valence-electron chi connectivity index (χ1n) is 10.1. The van der Waals surface area contributed by atoms with Gasteiger partial charge in [0.15, 0.2) is 0 Å². The van der Waals surface area contributed by atoms with E-state index in [2.05, 4.69) is 20.9 Å². The van der Waals surface area contributed by atoms with Crippen LogP contribution >= 0.6 is 0 Å². The van der Waals surface area contributed by atoms with E-state index in [1.165, 1.54) is 19.3 Å². The molecule has 7 nitrogen and oxygen atoms in total. The van der Waals surface area contributed by atoms with E-state index in [4.69, 9.17) is 0 Å². The Kier molecular flexibility index (Phi) is 6.79. The molecule has 4 amide bonds. The Bertz CT molecular complexity index is 620. The van der Waals surface area contributed by atoms with E-state index in [0.29, 0.717) is 12.6 Å². The van der Waals surface area contributed by atoms with Crippen LogP contribution in [-0.2, 0) is 0 Å². The first-order valence-corrected chi connectivity index (χ1v) is 10.1. The smallest absolute Gasteiger partial charge is 0.319 e. The first-order chi connectivity index (χ1) is 13.2. The predicted molar refractivity (Wildman–Crippen MR) is 108 cm³/mol. The number of carbonyl (C=O) groups is 2. The van der Waals surface area contributed by atoms with E-state index in [9.17, 15) is 9.59 Å². The van der Waals surface area contributed by atoms with Gasteiger partial charge in [-0.25, -0.2) is 9.59 Å². The van der Waals surface area contributed by atoms with Gasteiger partial charge in [0.1, 0.15) is 0 Å². The second-order valence-electron chi connectivity index (χ2n) is 7.29. The fourth-order valence-electron chi connectivity index (χ4n) is 3.79. The molecule has 0 bridgehead atoms. The number of rotatable bonds is 4. The molecule has 7 heteroatoms. The van der Waals surface area contributed by atoms with Crippen LogP contribution in [0.25, 0.3) is 0 Å². The molecule has 0 unspecified atom stereocenters. The second kappa shape index (κ2) is 9.48. The lowest BCUT2D eigenvalue weighted by Gasteiger charge is -2.36. The molecule has 0 atom stereocenters. The lowest BCUT2D eigenvalue weighted by atomic mass is 9.96. The maximum atomic E-state index is 12.1. The summed E-state index contributed by atoms with van der Waals surface area (Å²) in [4.78, 5) is 28.1. The highest BCUT2D eigenvalue weighted by Gasteiger charge is 2.21. The number of carbonyl (C=O) groups excluding carboxylic acids is 2. The van der Waals surface area contributed by atoms with Crippen molar-refractivity contribution >= 4 is 23.4 Å². The molecule has 0 aromatic heterocycles. The van der Waals surface area contributed by atoms with Crippen LogP contribution in [0.4, 0.5) is 21.0 Å². The van der Waals surface area contributed by atoms with Crippen molar-refractivity contribution in [3.63, 3.8) is 0 Å². The number of hydrogen-bond donors (Lipinski definition) is 3. The van der Waals surface area contributed by atoms with Crippen molar-refractivity contribution in [3.05, 3.63) is 24.3 Å². The van der Waals surface area contributed by atoms with Crippen LogP contribution < -0.4 is 20.9 Å². The molecule has 1 aromatic carbocycles. The van der Waals surface area contributed by atoms with Gasteiger partial charge in [-0.2, -0.15) is 0 Å². The average molecular weight is 374 g/mol. The maximum absolute atomic E-state index is 12.1. The normalized spacial score (nSPS) is 18.1. The van der Waals surface area contributed by atoms with Crippen molar-refractivity contribution in [1.29, 1.82) is 0 Å². The molecule has 1 aromatic rings. The van der Waals surface area contributed by atoms with Crippen LogP contribution in [0.15, 0.2) is 24.3 Å². The third kappa shape index (κ3) is 5.52. The summed E-state index contributed by atoms with van der Waals surface area (Å²) in [5, 5.41) is 8.84. The summed E-state index contributed by atoms with van der Waals surface area (Å²) in [6.07, 6.45) is 5.84. The van der Waals surface area contributed by atoms with Gasteiger partial charge in [-0.3, -0.25) is 0 Å². The summed E-state index contributed by atoms with van der Waals surface area (Å²) >= 11 is 0. The number of urea groups is 2. The molecule has 2 aliphatic rings. The second-order valence-corrected chi connectivity index (χ2v) is 7.29. The molecule has 1 aliphatic heterocycles. The quantitative estimate of drug-likeness (QED) is 0.759. The molecule has 1 heterocycles. The van der Waals surface area contributed by atoms with Crippen molar-refractivity contribution in [3.8, 4) is 0 Å². The number of nitrogens with one attached hydrogen (secondary N) is 3. The van der Waals surface area contributed by atoms with Gasteiger partial charge in [-0.05, 0) is 44.0 Å². The van der Waals surface area contributed by atoms with Gasteiger partial charge >= 0.3 is 12.1 Å². The minimum atomic E-state index is -0.120. The summed E-state index contributed by atoms with van der Waals surface area (Å²) in [6, 6.07) is 8.12. The minimum Gasteiger partial charge on any atom is -0.368 e. The number of anilines is 2. The molecule has 148 valence electrons. The molecule has 3 N–H and O–H groups in total. The molecular formula is C20H31N5O2. The monoisotopic (exact) mass is 373 g/mol. The Morgan fingerprint density at radius 2 is 1.67 bits per heavy atom. The molecule has 0 spiro atoms. The van der Waals surface area contributed by atoms with Crippen LogP contribution in [0.2, 0.25) is 0 Å². The van der Waals surface area contributed by atoms with Gasteiger partial charge in [-0.1, -0.05) is 19.3 Å². The minimum absolute atomic E-state index is 0.0145. The largest absolute Gasteiger partial charge is 0.368 e. The van der Waals surface area contributed by atoms with E-state index >= 15 is 0 Å². The Hall–Kier alpha value is -2.44. The Morgan fingerprint density at radius 1 is 1.00 bits per heavy atom. The Morgan fingerprint density at radius 3 is 2.30 bits per heavy atom. The lowest BCUT2D eigenvalue weighted by molar-refractivity contribution is 0.195. The fraction of sp³-hybridized carbons (Fsp3) is 0.600. The van der Waals surface area contributed by atoms with E-state index < -0.39 is 0 Å². The van der Waals surface area contributed by atoms with Crippen LogP contribution in [0.1, 0.15) is 39.0 Å².